The van der Waals surface area contributed by atoms with Crippen LogP contribution >= 0.6 is 24.0 Å². The molecule has 0 atom stereocenters. The number of rotatable bonds is 7. The summed E-state index contributed by atoms with van der Waals surface area (Å²) in [5.74, 6) is 0.819. The predicted octanol–water partition coefficient (Wildman–Crippen LogP) is 3.83. The van der Waals surface area contributed by atoms with Crippen molar-refractivity contribution in [3.8, 4) is 0 Å². The first-order valence-corrected chi connectivity index (χ1v) is 10.4. The van der Waals surface area contributed by atoms with E-state index in [0.29, 0.717) is 6.54 Å². The molecule has 164 valence electrons. The number of piperidine rings is 1. The van der Waals surface area contributed by atoms with E-state index in [1.165, 1.54) is 32.4 Å². The average molecular weight is 515 g/mol. The minimum absolute atomic E-state index is 0. The monoisotopic (exact) mass is 515 g/mol. The lowest BCUT2D eigenvalue weighted by Crippen LogP contribution is -2.54. The zero-order chi connectivity index (χ0) is 20.6. The maximum Gasteiger partial charge on any atom is 0.226 e. The molecule has 0 saturated carbocycles. The van der Waals surface area contributed by atoms with E-state index in [2.05, 4.69) is 39.7 Å². The van der Waals surface area contributed by atoms with Crippen molar-refractivity contribution >= 4 is 41.5 Å². The summed E-state index contributed by atoms with van der Waals surface area (Å²) in [7, 11) is 1.80. The number of nitrogens with one attached hydrogen (secondary N) is 3. The van der Waals surface area contributed by atoms with E-state index >= 15 is 0 Å². The van der Waals surface area contributed by atoms with Gasteiger partial charge >= 0.3 is 0 Å². The number of hydrogen-bond donors (Lipinski definition) is 3. The molecule has 1 amide bonds. The molecule has 1 aromatic rings. The van der Waals surface area contributed by atoms with Crippen LogP contribution in [0.25, 0.3) is 0 Å². The highest BCUT2D eigenvalue weighted by atomic mass is 127. The van der Waals surface area contributed by atoms with Gasteiger partial charge in [-0.2, -0.15) is 0 Å². The lowest BCUT2D eigenvalue weighted by Gasteiger charge is -2.41. The summed E-state index contributed by atoms with van der Waals surface area (Å²) in [4.78, 5) is 18.7. The molecule has 1 heterocycles. The van der Waals surface area contributed by atoms with Crippen molar-refractivity contribution in [2.24, 2.45) is 10.9 Å². The number of aliphatic imine (C=N–C) groups is 1. The summed E-state index contributed by atoms with van der Waals surface area (Å²) < 4.78 is 0. The van der Waals surface area contributed by atoms with Gasteiger partial charge in [0.05, 0.1) is 0 Å². The summed E-state index contributed by atoms with van der Waals surface area (Å²) in [6.45, 7) is 12.3. The standard InChI is InChI=1S/C22H37N5O.HI/c1-17(2)20(28)26-19-11-9-18(10-12-19)15-24-21(23-5)25-16-22(3,4)27-13-7-6-8-14-27;/h9-12,17H,6-8,13-16H2,1-5H3,(H,26,28)(H2,23,24,25);1H. The van der Waals surface area contributed by atoms with Crippen molar-refractivity contribution in [3.63, 3.8) is 0 Å². The fourth-order valence-corrected chi connectivity index (χ4v) is 3.31. The lowest BCUT2D eigenvalue weighted by atomic mass is 9.98. The van der Waals surface area contributed by atoms with E-state index in [9.17, 15) is 4.79 Å². The van der Waals surface area contributed by atoms with Crippen LogP contribution in [-0.4, -0.2) is 49.0 Å². The molecule has 1 fully saturated rings. The summed E-state index contributed by atoms with van der Waals surface area (Å²) in [6, 6.07) is 7.92. The summed E-state index contributed by atoms with van der Waals surface area (Å²) in [5.41, 5.74) is 2.07. The third kappa shape index (κ3) is 8.50. The van der Waals surface area contributed by atoms with E-state index in [-0.39, 0.29) is 41.3 Å². The van der Waals surface area contributed by atoms with Crippen molar-refractivity contribution in [2.45, 2.75) is 59.0 Å². The van der Waals surface area contributed by atoms with Crippen LogP contribution < -0.4 is 16.0 Å². The Morgan fingerprint density at radius 2 is 1.72 bits per heavy atom. The minimum Gasteiger partial charge on any atom is -0.355 e. The third-order valence-corrected chi connectivity index (χ3v) is 5.33. The number of carbonyl (C=O) groups is 1. The molecule has 1 aromatic carbocycles. The second-order valence-electron chi connectivity index (χ2n) is 8.48. The van der Waals surface area contributed by atoms with Crippen LogP contribution in [0.2, 0.25) is 0 Å². The fourth-order valence-electron chi connectivity index (χ4n) is 3.31. The quantitative estimate of drug-likeness (QED) is 0.294. The van der Waals surface area contributed by atoms with Gasteiger partial charge in [0.25, 0.3) is 0 Å². The maximum atomic E-state index is 11.8. The highest BCUT2D eigenvalue weighted by molar-refractivity contribution is 14.0. The zero-order valence-electron chi connectivity index (χ0n) is 18.5. The normalized spacial score (nSPS) is 15.6. The number of guanidine groups is 1. The first kappa shape index (κ1) is 25.7. The van der Waals surface area contributed by atoms with Crippen LogP contribution in [0.1, 0.15) is 52.5 Å². The van der Waals surface area contributed by atoms with Crippen LogP contribution in [-0.2, 0) is 11.3 Å². The van der Waals surface area contributed by atoms with Gasteiger partial charge in [-0.3, -0.25) is 14.7 Å². The van der Waals surface area contributed by atoms with Crippen molar-refractivity contribution < 1.29 is 4.79 Å². The molecule has 3 N–H and O–H groups in total. The van der Waals surface area contributed by atoms with E-state index in [4.69, 9.17) is 0 Å². The summed E-state index contributed by atoms with van der Waals surface area (Å²) >= 11 is 0. The van der Waals surface area contributed by atoms with Crippen LogP contribution in [0.4, 0.5) is 5.69 Å². The van der Waals surface area contributed by atoms with Gasteiger partial charge in [-0.05, 0) is 57.5 Å². The number of benzene rings is 1. The van der Waals surface area contributed by atoms with Gasteiger partial charge < -0.3 is 16.0 Å². The molecule has 0 unspecified atom stereocenters. The molecule has 1 aliphatic rings. The Morgan fingerprint density at radius 1 is 1.10 bits per heavy atom. The van der Waals surface area contributed by atoms with Gasteiger partial charge in [-0.25, -0.2) is 0 Å². The largest absolute Gasteiger partial charge is 0.355 e. The second kappa shape index (κ2) is 12.4. The fraction of sp³-hybridized carbons (Fsp3) is 0.636. The molecule has 1 aliphatic heterocycles. The summed E-state index contributed by atoms with van der Waals surface area (Å²) in [6.07, 6.45) is 3.94. The number of anilines is 1. The SMILES string of the molecule is CN=C(NCc1ccc(NC(=O)C(C)C)cc1)NCC(C)(C)N1CCCCC1.I. The molecule has 2 rings (SSSR count). The molecular formula is C22H38IN5O. The van der Waals surface area contributed by atoms with Crippen LogP contribution in [0.3, 0.4) is 0 Å². The first-order chi connectivity index (χ1) is 13.3. The Morgan fingerprint density at radius 3 is 2.28 bits per heavy atom. The molecule has 7 heteroatoms. The number of nitrogens with zero attached hydrogens (tertiary/aromatic N) is 2. The Hall–Kier alpha value is -1.35. The Balaban J connectivity index is 0.00000420. The number of likely N-dealkylation sites (tertiary alicyclic amines) is 1. The van der Waals surface area contributed by atoms with Crippen LogP contribution in [0.15, 0.2) is 29.3 Å². The number of hydrogen-bond acceptors (Lipinski definition) is 3. The van der Waals surface area contributed by atoms with Crippen molar-refractivity contribution in [2.75, 3.05) is 32.0 Å². The van der Waals surface area contributed by atoms with Crippen molar-refractivity contribution in [1.29, 1.82) is 0 Å². The van der Waals surface area contributed by atoms with Gasteiger partial charge in [-0.15, -0.1) is 24.0 Å². The molecular weight excluding hydrogens is 477 g/mol. The molecule has 0 bridgehead atoms. The molecule has 0 spiro atoms. The Bertz CT molecular complexity index is 652. The minimum atomic E-state index is -0.0232. The highest BCUT2D eigenvalue weighted by Gasteiger charge is 2.27. The molecule has 6 nitrogen and oxygen atoms in total. The van der Waals surface area contributed by atoms with E-state index in [1.54, 1.807) is 7.05 Å². The van der Waals surface area contributed by atoms with E-state index < -0.39 is 0 Å². The highest BCUT2D eigenvalue weighted by Crippen LogP contribution is 2.19. The third-order valence-electron chi connectivity index (χ3n) is 5.33. The van der Waals surface area contributed by atoms with Crippen molar-refractivity contribution in [3.05, 3.63) is 29.8 Å². The first-order valence-electron chi connectivity index (χ1n) is 10.4. The topological polar surface area (TPSA) is 68.8 Å². The van der Waals surface area contributed by atoms with Gasteiger partial charge in [-0.1, -0.05) is 32.4 Å². The Kier molecular flexibility index (Phi) is 11.0. The van der Waals surface area contributed by atoms with Gasteiger partial charge in [0.2, 0.25) is 5.91 Å². The number of amides is 1. The smallest absolute Gasteiger partial charge is 0.226 e. The molecule has 0 aromatic heterocycles. The second-order valence-corrected chi connectivity index (χ2v) is 8.48. The van der Waals surface area contributed by atoms with Gasteiger partial charge in [0.1, 0.15) is 0 Å². The van der Waals surface area contributed by atoms with E-state index in [1.807, 2.05) is 38.1 Å². The number of halogens is 1. The molecule has 0 aliphatic carbocycles. The molecule has 29 heavy (non-hydrogen) atoms. The van der Waals surface area contributed by atoms with E-state index in [0.717, 1.165) is 23.8 Å². The average Bonchev–Trinajstić information content (AvgIpc) is 2.69. The van der Waals surface area contributed by atoms with Crippen molar-refractivity contribution in [1.82, 2.24) is 15.5 Å². The molecule has 0 radical (unpaired) electrons. The van der Waals surface area contributed by atoms with Gasteiger partial charge in [0.15, 0.2) is 5.96 Å². The maximum absolute atomic E-state index is 11.8. The lowest BCUT2D eigenvalue weighted by molar-refractivity contribution is -0.118. The van der Waals surface area contributed by atoms with Gasteiger partial charge in [0, 0.05) is 37.3 Å². The predicted molar refractivity (Wildman–Crippen MR) is 133 cm³/mol. The molecule has 1 saturated heterocycles. The Labute approximate surface area is 193 Å². The number of carbonyl (C=O) groups excluding carboxylic acids is 1. The van der Waals surface area contributed by atoms with Crippen LogP contribution in [0, 0.1) is 5.92 Å². The summed E-state index contributed by atoms with van der Waals surface area (Å²) in [5, 5.41) is 9.75. The van der Waals surface area contributed by atoms with Crippen LogP contribution in [0.5, 0.6) is 0 Å². The zero-order valence-corrected chi connectivity index (χ0v) is 20.9.